The molecular weight excluding hydrogens is 210 g/mol. The molecule has 86 valence electrons. The van der Waals surface area contributed by atoms with Crippen LogP contribution in [0.5, 0.6) is 0 Å². The fourth-order valence-corrected chi connectivity index (χ4v) is 1.12. The van der Waals surface area contributed by atoms with E-state index >= 15 is 0 Å². The Labute approximate surface area is 93.0 Å². The van der Waals surface area contributed by atoms with Crippen molar-refractivity contribution in [1.82, 2.24) is 0 Å². The lowest BCUT2D eigenvalue weighted by Crippen LogP contribution is -2.12. The number of benzene rings is 1. The average Bonchev–Trinajstić information content (AvgIpc) is 2.27. The molecular formula is C11H13NO4. The number of esters is 1. The zero-order valence-corrected chi connectivity index (χ0v) is 8.90. The molecule has 0 aromatic heterocycles. The molecule has 5 heteroatoms. The normalized spacial score (nSPS) is 9.56. The number of nitrogens with one attached hydrogen (secondary N) is 1. The Bertz CT molecular complexity index is 372. The maximum atomic E-state index is 11.3. The summed E-state index contributed by atoms with van der Waals surface area (Å²) in [4.78, 5) is 21.6. The minimum atomic E-state index is -0.936. The number of anilines is 1. The van der Waals surface area contributed by atoms with Crippen molar-refractivity contribution in [2.75, 3.05) is 18.5 Å². The van der Waals surface area contributed by atoms with Gasteiger partial charge in [0.1, 0.15) is 6.54 Å². The summed E-state index contributed by atoms with van der Waals surface area (Å²) in [7, 11) is 0. The molecule has 0 aliphatic carbocycles. The lowest BCUT2D eigenvalue weighted by Gasteiger charge is -2.05. The number of carboxylic acid groups (broad SMARTS) is 1. The lowest BCUT2D eigenvalue weighted by molar-refractivity contribution is -0.134. The summed E-state index contributed by atoms with van der Waals surface area (Å²) in [5, 5.41) is 11.1. The van der Waals surface area contributed by atoms with Gasteiger partial charge in [0.15, 0.2) is 0 Å². The van der Waals surface area contributed by atoms with Crippen molar-refractivity contribution in [2.45, 2.75) is 6.92 Å². The van der Waals surface area contributed by atoms with Crippen molar-refractivity contribution in [3.05, 3.63) is 29.8 Å². The van der Waals surface area contributed by atoms with Crippen molar-refractivity contribution in [3.63, 3.8) is 0 Å². The topological polar surface area (TPSA) is 75.6 Å². The molecule has 0 atom stereocenters. The molecule has 0 bridgehead atoms. The number of aliphatic carboxylic acids is 1. The van der Waals surface area contributed by atoms with E-state index in [1.165, 1.54) is 0 Å². The van der Waals surface area contributed by atoms with E-state index in [2.05, 4.69) is 5.32 Å². The van der Waals surface area contributed by atoms with Crippen LogP contribution >= 0.6 is 0 Å². The van der Waals surface area contributed by atoms with Gasteiger partial charge in [0, 0.05) is 5.69 Å². The van der Waals surface area contributed by atoms with Crippen LogP contribution in [0.25, 0.3) is 0 Å². The number of hydrogen-bond donors (Lipinski definition) is 2. The van der Waals surface area contributed by atoms with E-state index in [1.54, 1.807) is 31.2 Å². The van der Waals surface area contributed by atoms with Crippen LogP contribution in [0.1, 0.15) is 17.3 Å². The fourth-order valence-electron chi connectivity index (χ4n) is 1.12. The zero-order chi connectivity index (χ0) is 12.0. The van der Waals surface area contributed by atoms with Crippen molar-refractivity contribution in [2.24, 2.45) is 0 Å². The highest BCUT2D eigenvalue weighted by Gasteiger charge is 2.05. The van der Waals surface area contributed by atoms with Gasteiger partial charge in [0.2, 0.25) is 0 Å². The highest BCUT2D eigenvalue weighted by atomic mass is 16.5. The van der Waals surface area contributed by atoms with Gasteiger partial charge in [-0.2, -0.15) is 0 Å². The van der Waals surface area contributed by atoms with Gasteiger partial charge in [-0.1, -0.05) is 0 Å². The summed E-state index contributed by atoms with van der Waals surface area (Å²) in [6, 6.07) is 6.44. The second-order valence-corrected chi connectivity index (χ2v) is 3.05. The molecule has 5 nitrogen and oxygen atoms in total. The van der Waals surface area contributed by atoms with Gasteiger partial charge in [0.25, 0.3) is 0 Å². The van der Waals surface area contributed by atoms with Crippen molar-refractivity contribution in [1.29, 1.82) is 0 Å². The third kappa shape index (κ3) is 3.61. The Hall–Kier alpha value is -2.04. The molecule has 0 aliphatic heterocycles. The molecule has 0 amide bonds. The molecule has 0 saturated heterocycles. The number of carboxylic acids is 1. The van der Waals surface area contributed by atoms with Gasteiger partial charge in [-0.05, 0) is 31.2 Å². The second kappa shape index (κ2) is 5.75. The molecule has 0 saturated carbocycles. The molecule has 16 heavy (non-hydrogen) atoms. The summed E-state index contributed by atoms with van der Waals surface area (Å²) < 4.78 is 4.81. The van der Waals surface area contributed by atoms with Crippen molar-refractivity contribution >= 4 is 17.6 Å². The number of rotatable bonds is 5. The van der Waals surface area contributed by atoms with E-state index in [0.29, 0.717) is 17.9 Å². The van der Waals surface area contributed by atoms with Crippen LogP contribution in [0.3, 0.4) is 0 Å². The molecule has 2 N–H and O–H groups in total. The Morgan fingerprint density at radius 2 is 1.94 bits per heavy atom. The molecule has 1 rings (SSSR count). The van der Waals surface area contributed by atoms with Gasteiger partial charge in [-0.25, -0.2) is 4.79 Å². The molecule has 0 aliphatic rings. The monoisotopic (exact) mass is 223 g/mol. The van der Waals surface area contributed by atoms with E-state index in [0.717, 1.165) is 0 Å². The van der Waals surface area contributed by atoms with Gasteiger partial charge in [0.05, 0.1) is 12.2 Å². The fraction of sp³-hybridized carbons (Fsp3) is 0.273. The molecule has 0 spiro atoms. The lowest BCUT2D eigenvalue weighted by atomic mass is 10.2. The largest absolute Gasteiger partial charge is 0.480 e. The summed E-state index contributed by atoms with van der Waals surface area (Å²) >= 11 is 0. The van der Waals surface area contributed by atoms with Gasteiger partial charge >= 0.3 is 11.9 Å². The maximum Gasteiger partial charge on any atom is 0.338 e. The summed E-state index contributed by atoms with van der Waals surface area (Å²) in [6.45, 7) is 1.91. The Kier molecular flexibility index (Phi) is 4.32. The van der Waals surface area contributed by atoms with Crippen LogP contribution in [0.4, 0.5) is 5.69 Å². The maximum absolute atomic E-state index is 11.3. The van der Waals surface area contributed by atoms with E-state index in [9.17, 15) is 9.59 Å². The van der Waals surface area contributed by atoms with E-state index in [1.807, 2.05) is 0 Å². The Balaban J connectivity index is 2.60. The minimum absolute atomic E-state index is 0.154. The van der Waals surface area contributed by atoms with E-state index in [4.69, 9.17) is 9.84 Å². The minimum Gasteiger partial charge on any atom is -0.480 e. The molecule has 0 radical (unpaired) electrons. The van der Waals surface area contributed by atoms with Gasteiger partial charge < -0.3 is 15.2 Å². The smallest absolute Gasteiger partial charge is 0.338 e. The number of hydrogen-bond acceptors (Lipinski definition) is 4. The van der Waals surface area contributed by atoms with E-state index in [-0.39, 0.29) is 12.5 Å². The average molecular weight is 223 g/mol. The molecule has 1 aromatic rings. The Morgan fingerprint density at radius 1 is 1.31 bits per heavy atom. The summed E-state index contributed by atoms with van der Waals surface area (Å²) in [5.74, 6) is -1.32. The molecule has 0 fully saturated rings. The van der Waals surface area contributed by atoms with Gasteiger partial charge in [-0.3, -0.25) is 4.79 Å². The third-order valence-electron chi connectivity index (χ3n) is 1.84. The second-order valence-electron chi connectivity index (χ2n) is 3.05. The van der Waals surface area contributed by atoms with Crippen molar-refractivity contribution < 1.29 is 19.4 Å². The van der Waals surface area contributed by atoms with Crippen LogP contribution in [0.2, 0.25) is 0 Å². The number of carbonyl (C=O) groups is 2. The molecule has 0 heterocycles. The number of ether oxygens (including phenoxy) is 1. The summed E-state index contributed by atoms with van der Waals surface area (Å²) in [5.41, 5.74) is 1.10. The van der Waals surface area contributed by atoms with Crippen molar-refractivity contribution in [3.8, 4) is 0 Å². The van der Waals surface area contributed by atoms with Crippen LogP contribution in [-0.2, 0) is 9.53 Å². The first-order valence-corrected chi connectivity index (χ1v) is 4.86. The predicted octanol–water partition coefficient (Wildman–Crippen LogP) is 1.36. The van der Waals surface area contributed by atoms with Crippen LogP contribution < -0.4 is 5.32 Å². The van der Waals surface area contributed by atoms with Crippen LogP contribution in [-0.4, -0.2) is 30.2 Å². The third-order valence-corrected chi connectivity index (χ3v) is 1.84. The molecule has 1 aromatic carbocycles. The quantitative estimate of drug-likeness (QED) is 0.737. The first-order valence-electron chi connectivity index (χ1n) is 4.86. The SMILES string of the molecule is CCOC(=O)c1ccc(NCC(=O)O)cc1. The van der Waals surface area contributed by atoms with E-state index < -0.39 is 5.97 Å². The first-order chi connectivity index (χ1) is 7.63. The molecule has 0 unspecified atom stereocenters. The van der Waals surface area contributed by atoms with Crippen LogP contribution in [0, 0.1) is 0 Å². The van der Waals surface area contributed by atoms with Crippen LogP contribution in [0.15, 0.2) is 24.3 Å². The zero-order valence-electron chi connectivity index (χ0n) is 8.90. The first kappa shape index (κ1) is 12.0. The number of carbonyl (C=O) groups excluding carboxylic acids is 1. The highest BCUT2D eigenvalue weighted by molar-refractivity contribution is 5.89. The standard InChI is InChI=1S/C11H13NO4/c1-2-16-11(15)8-3-5-9(6-4-8)12-7-10(13)14/h3-6,12H,2,7H2,1H3,(H,13,14). The predicted molar refractivity (Wildman–Crippen MR) is 58.5 cm³/mol. The highest BCUT2D eigenvalue weighted by Crippen LogP contribution is 2.10. The summed E-state index contributed by atoms with van der Waals surface area (Å²) in [6.07, 6.45) is 0. The van der Waals surface area contributed by atoms with Gasteiger partial charge in [-0.15, -0.1) is 0 Å². The Morgan fingerprint density at radius 3 is 2.44 bits per heavy atom.